The average molecular weight is 487 g/mol. The summed E-state index contributed by atoms with van der Waals surface area (Å²) in [6.07, 6.45) is 11.4. The number of hydrazine groups is 1. The molecule has 0 radical (unpaired) electrons. The van der Waals surface area contributed by atoms with Crippen molar-refractivity contribution in [2.24, 2.45) is 0 Å². The third-order valence-electron chi connectivity index (χ3n) is 5.57. The van der Waals surface area contributed by atoms with Crippen LogP contribution in [0.15, 0.2) is 9.67 Å². The summed E-state index contributed by atoms with van der Waals surface area (Å²) in [4.78, 5) is 12.0. The molecule has 1 rings (SSSR count). The molecule has 1 N–H and O–H groups in total. The number of nitrogens with zero attached hydrogens (tertiary/aromatic N) is 1. The van der Waals surface area contributed by atoms with Crippen molar-refractivity contribution in [3.63, 3.8) is 0 Å². The molecule has 0 aromatic rings. The zero-order chi connectivity index (χ0) is 20.3. The maximum atomic E-state index is 12.0. The van der Waals surface area contributed by atoms with E-state index in [1.54, 1.807) is 0 Å². The van der Waals surface area contributed by atoms with Gasteiger partial charge in [0.05, 0.1) is 0 Å². The van der Waals surface area contributed by atoms with Crippen molar-refractivity contribution in [3.05, 3.63) is 9.67 Å². The van der Waals surface area contributed by atoms with E-state index in [-0.39, 0.29) is 6.09 Å². The number of carbonyl (C=O) groups excluding carboxylic acids is 1. The Bertz CT molecular complexity index is 450. The third kappa shape index (κ3) is 9.20. The van der Waals surface area contributed by atoms with Gasteiger partial charge in [-0.1, -0.05) is 0 Å². The molecule has 1 aliphatic rings. The minimum atomic E-state index is -2.27. The van der Waals surface area contributed by atoms with Gasteiger partial charge in [-0.25, -0.2) is 0 Å². The van der Waals surface area contributed by atoms with Crippen LogP contribution >= 0.6 is 0 Å². The Morgan fingerprint density at radius 2 is 1.59 bits per heavy atom. The van der Waals surface area contributed by atoms with Crippen molar-refractivity contribution in [2.45, 2.75) is 105 Å². The molecule has 0 bridgehead atoms. The first-order valence-electron chi connectivity index (χ1n) is 11.2. The SMILES string of the molecule is CCC[CH2][Sn]([CH2]CCC)([CH2]CCC)[C]1=CCN(NC(=O)OC(C)(C)C)CC1. The molecular formula is C22H44N2O2Sn. The summed E-state index contributed by atoms with van der Waals surface area (Å²) in [6, 6.07) is 0. The molecule has 0 unspecified atom stereocenters. The van der Waals surface area contributed by atoms with E-state index in [9.17, 15) is 4.79 Å². The summed E-state index contributed by atoms with van der Waals surface area (Å²) in [7, 11) is 0. The second kappa shape index (κ2) is 12.4. The molecule has 5 heteroatoms. The van der Waals surface area contributed by atoms with Crippen molar-refractivity contribution in [1.82, 2.24) is 10.4 Å². The van der Waals surface area contributed by atoms with E-state index in [2.05, 4.69) is 32.3 Å². The number of carbonyl (C=O) groups is 1. The summed E-state index contributed by atoms with van der Waals surface area (Å²) >= 11 is -2.27. The number of ether oxygens (including phenoxy) is 1. The number of hydrogen-bond acceptors (Lipinski definition) is 3. The van der Waals surface area contributed by atoms with Crippen LogP contribution in [0.2, 0.25) is 13.3 Å². The number of unbranched alkanes of at least 4 members (excludes halogenated alkanes) is 3. The van der Waals surface area contributed by atoms with Gasteiger partial charge in [0.2, 0.25) is 0 Å². The van der Waals surface area contributed by atoms with Crippen LogP contribution in [0.3, 0.4) is 0 Å². The number of amides is 1. The van der Waals surface area contributed by atoms with E-state index >= 15 is 0 Å². The summed E-state index contributed by atoms with van der Waals surface area (Å²) in [5.41, 5.74) is 2.48. The van der Waals surface area contributed by atoms with Gasteiger partial charge < -0.3 is 0 Å². The summed E-state index contributed by atoms with van der Waals surface area (Å²) in [6.45, 7) is 14.5. The van der Waals surface area contributed by atoms with Crippen LogP contribution in [0.1, 0.15) is 86.5 Å². The Morgan fingerprint density at radius 1 is 1.07 bits per heavy atom. The van der Waals surface area contributed by atoms with Gasteiger partial charge in [0.1, 0.15) is 0 Å². The fourth-order valence-electron chi connectivity index (χ4n) is 4.08. The molecule has 4 nitrogen and oxygen atoms in total. The quantitative estimate of drug-likeness (QED) is 0.341. The Labute approximate surface area is 172 Å². The predicted octanol–water partition coefficient (Wildman–Crippen LogP) is 6.45. The zero-order valence-electron chi connectivity index (χ0n) is 18.8. The molecule has 0 spiro atoms. The van der Waals surface area contributed by atoms with E-state index in [1.165, 1.54) is 51.8 Å². The van der Waals surface area contributed by atoms with Gasteiger partial charge in [0, 0.05) is 0 Å². The molecule has 0 aromatic carbocycles. The van der Waals surface area contributed by atoms with Crippen LogP contribution in [0.25, 0.3) is 0 Å². The van der Waals surface area contributed by atoms with Gasteiger partial charge in [0.25, 0.3) is 0 Å². The van der Waals surface area contributed by atoms with Crippen molar-refractivity contribution in [2.75, 3.05) is 13.1 Å². The third-order valence-corrected chi connectivity index (χ3v) is 22.0. The van der Waals surface area contributed by atoms with Gasteiger partial charge in [-0.15, -0.1) is 0 Å². The van der Waals surface area contributed by atoms with Crippen LogP contribution in [0, 0.1) is 0 Å². The average Bonchev–Trinajstić information content (AvgIpc) is 2.60. The number of nitrogens with one attached hydrogen (secondary N) is 1. The van der Waals surface area contributed by atoms with Crippen LogP contribution < -0.4 is 5.43 Å². The van der Waals surface area contributed by atoms with Crippen molar-refractivity contribution < 1.29 is 9.53 Å². The molecule has 1 amide bonds. The van der Waals surface area contributed by atoms with Gasteiger partial charge in [-0.05, 0) is 0 Å². The molecule has 1 heterocycles. The number of rotatable bonds is 11. The van der Waals surface area contributed by atoms with Gasteiger partial charge >= 0.3 is 173 Å². The van der Waals surface area contributed by atoms with Gasteiger partial charge in [-0.2, -0.15) is 0 Å². The topological polar surface area (TPSA) is 41.6 Å². The molecular weight excluding hydrogens is 443 g/mol. The van der Waals surface area contributed by atoms with E-state index < -0.39 is 24.0 Å². The molecule has 0 aliphatic carbocycles. The molecule has 0 saturated carbocycles. The van der Waals surface area contributed by atoms with Gasteiger partial charge in [0.15, 0.2) is 0 Å². The van der Waals surface area contributed by atoms with Crippen LogP contribution in [0.5, 0.6) is 0 Å². The minimum absolute atomic E-state index is 0.336. The summed E-state index contributed by atoms with van der Waals surface area (Å²) in [5, 5.41) is 2.02. The van der Waals surface area contributed by atoms with E-state index in [0.29, 0.717) is 0 Å². The summed E-state index contributed by atoms with van der Waals surface area (Å²) in [5.74, 6) is 0. The van der Waals surface area contributed by atoms with Crippen molar-refractivity contribution in [3.8, 4) is 0 Å². The first kappa shape index (κ1) is 24.8. The summed E-state index contributed by atoms with van der Waals surface area (Å²) < 4.78 is 11.8. The predicted molar refractivity (Wildman–Crippen MR) is 119 cm³/mol. The van der Waals surface area contributed by atoms with E-state index in [4.69, 9.17) is 4.74 Å². The van der Waals surface area contributed by atoms with E-state index in [0.717, 1.165) is 19.5 Å². The monoisotopic (exact) mass is 488 g/mol. The molecule has 0 saturated heterocycles. The van der Waals surface area contributed by atoms with Crippen molar-refractivity contribution in [1.29, 1.82) is 0 Å². The van der Waals surface area contributed by atoms with E-state index in [1.807, 2.05) is 29.4 Å². The molecule has 0 fully saturated rings. The Hall–Kier alpha value is -0.231. The normalized spacial score (nSPS) is 16.1. The second-order valence-corrected chi connectivity index (χ2v) is 22.6. The molecule has 0 atom stereocenters. The van der Waals surface area contributed by atoms with Crippen molar-refractivity contribution >= 4 is 24.5 Å². The molecule has 1 aliphatic heterocycles. The van der Waals surface area contributed by atoms with Crippen LogP contribution in [0.4, 0.5) is 4.79 Å². The Morgan fingerprint density at radius 3 is 1.96 bits per heavy atom. The second-order valence-electron chi connectivity index (χ2n) is 9.13. The maximum absolute atomic E-state index is 12.0. The van der Waals surface area contributed by atoms with Crippen LogP contribution in [-0.2, 0) is 4.74 Å². The Balaban J connectivity index is 2.81. The Kier molecular flexibility index (Phi) is 11.4. The number of hydrogen-bond donors (Lipinski definition) is 1. The standard InChI is InChI=1S/C10H17N2O2.3C4H9.Sn/c1-10(2,3)14-9(13)11-12-7-5-4-6-8-12;3*1-3-4-2;/h5H,6-8H2,1-3H3,(H,11,13);3*1,3-4H2,2H3;. The molecule has 158 valence electrons. The fraction of sp³-hybridized carbons (Fsp3) is 0.864. The molecule has 0 aromatic heterocycles. The zero-order valence-corrected chi connectivity index (χ0v) is 21.7. The first-order valence-corrected chi connectivity index (χ1v) is 18.7. The van der Waals surface area contributed by atoms with Gasteiger partial charge in [-0.3, -0.25) is 0 Å². The fourth-order valence-corrected chi connectivity index (χ4v) is 21.1. The molecule has 27 heavy (non-hydrogen) atoms. The first-order chi connectivity index (χ1) is 12.8. The van der Waals surface area contributed by atoms with Crippen LogP contribution in [-0.4, -0.2) is 48.2 Å².